The highest BCUT2D eigenvalue weighted by atomic mass is 16.5. The van der Waals surface area contributed by atoms with Crippen molar-refractivity contribution in [2.24, 2.45) is 0 Å². The lowest BCUT2D eigenvalue weighted by atomic mass is 10.0. The number of aryl methyl sites for hydroxylation is 1. The molecule has 0 atom stereocenters. The van der Waals surface area contributed by atoms with Crippen LogP contribution >= 0.6 is 0 Å². The molecule has 0 N–H and O–H groups in total. The van der Waals surface area contributed by atoms with Crippen molar-refractivity contribution < 1.29 is 14.3 Å². The van der Waals surface area contributed by atoms with Crippen molar-refractivity contribution in [3.63, 3.8) is 0 Å². The number of ether oxygens (including phenoxy) is 2. The Morgan fingerprint density at radius 1 is 1.41 bits per heavy atom. The molecule has 0 bridgehead atoms. The van der Waals surface area contributed by atoms with Gasteiger partial charge in [-0.2, -0.15) is 0 Å². The Morgan fingerprint density at radius 2 is 2.24 bits per heavy atom. The fraction of sp³-hybridized carbons (Fsp3) is 0.357. The van der Waals surface area contributed by atoms with E-state index in [4.69, 9.17) is 9.47 Å². The van der Waals surface area contributed by atoms with Crippen molar-refractivity contribution >= 4 is 12.0 Å². The molecule has 1 aliphatic heterocycles. The van der Waals surface area contributed by atoms with Crippen LogP contribution in [-0.2, 0) is 27.3 Å². The van der Waals surface area contributed by atoms with Crippen LogP contribution in [0.2, 0.25) is 0 Å². The molecule has 0 aliphatic carbocycles. The van der Waals surface area contributed by atoms with Gasteiger partial charge in [0.15, 0.2) is 0 Å². The molecule has 0 aromatic heterocycles. The Kier molecular flexibility index (Phi) is 3.59. The number of hydrogen-bond donors (Lipinski definition) is 0. The predicted octanol–water partition coefficient (Wildman–Crippen LogP) is 2.34. The van der Waals surface area contributed by atoms with Gasteiger partial charge < -0.3 is 9.47 Å². The fourth-order valence-corrected chi connectivity index (χ4v) is 1.89. The van der Waals surface area contributed by atoms with E-state index in [1.54, 1.807) is 0 Å². The van der Waals surface area contributed by atoms with Crippen LogP contribution in [0, 0.1) is 0 Å². The fourth-order valence-electron chi connectivity index (χ4n) is 1.89. The van der Waals surface area contributed by atoms with Gasteiger partial charge in [0.2, 0.25) is 0 Å². The van der Waals surface area contributed by atoms with E-state index in [1.165, 1.54) is 12.7 Å². The lowest BCUT2D eigenvalue weighted by Gasteiger charge is -2.05. The molecular weight excluding hydrogens is 216 g/mol. The van der Waals surface area contributed by atoms with E-state index >= 15 is 0 Å². The van der Waals surface area contributed by atoms with Gasteiger partial charge in [-0.15, -0.1) is 0 Å². The van der Waals surface area contributed by atoms with Gasteiger partial charge in [0.25, 0.3) is 0 Å². The number of benzene rings is 1. The van der Waals surface area contributed by atoms with Crippen molar-refractivity contribution in [3.05, 3.63) is 40.5 Å². The summed E-state index contributed by atoms with van der Waals surface area (Å²) in [4.78, 5) is 11.5. The van der Waals surface area contributed by atoms with E-state index in [9.17, 15) is 4.79 Å². The summed E-state index contributed by atoms with van der Waals surface area (Å²) in [5.74, 6) is -0.322. The highest BCUT2D eigenvalue weighted by molar-refractivity contribution is 5.94. The smallest absolute Gasteiger partial charge is 0.336 e. The SMILES string of the molecule is CCc1ccc2c(c1)COCC(C(=O)OC)=C2. The standard InChI is InChI=1S/C14H16O3/c1-3-10-4-5-11-7-13(14(15)16-2)9-17-8-12(11)6-10/h4-7H,3,8-9H2,1-2H3. The first-order valence-corrected chi connectivity index (χ1v) is 5.73. The lowest BCUT2D eigenvalue weighted by molar-refractivity contribution is -0.136. The second kappa shape index (κ2) is 5.15. The molecule has 0 fully saturated rings. The maximum absolute atomic E-state index is 11.5. The maximum Gasteiger partial charge on any atom is 0.336 e. The van der Waals surface area contributed by atoms with E-state index < -0.39 is 0 Å². The summed E-state index contributed by atoms with van der Waals surface area (Å²) >= 11 is 0. The van der Waals surface area contributed by atoms with Crippen LogP contribution in [0.25, 0.3) is 6.08 Å². The number of carbonyl (C=O) groups excluding carboxylic acids is 1. The zero-order chi connectivity index (χ0) is 12.3. The minimum absolute atomic E-state index is 0.308. The van der Waals surface area contributed by atoms with Crippen molar-refractivity contribution in [3.8, 4) is 0 Å². The third-order valence-electron chi connectivity index (χ3n) is 2.91. The van der Waals surface area contributed by atoms with E-state index in [0.717, 1.165) is 17.5 Å². The van der Waals surface area contributed by atoms with E-state index in [0.29, 0.717) is 18.8 Å². The average molecular weight is 232 g/mol. The predicted molar refractivity (Wildman–Crippen MR) is 65.5 cm³/mol. The first-order valence-electron chi connectivity index (χ1n) is 5.73. The molecule has 0 amide bonds. The van der Waals surface area contributed by atoms with Crippen LogP contribution in [0.1, 0.15) is 23.6 Å². The topological polar surface area (TPSA) is 35.5 Å². The Balaban J connectivity index is 2.38. The molecule has 0 saturated heterocycles. The molecular formula is C14H16O3. The van der Waals surface area contributed by atoms with Crippen molar-refractivity contribution in [1.29, 1.82) is 0 Å². The van der Waals surface area contributed by atoms with Crippen LogP contribution in [0.15, 0.2) is 23.8 Å². The Morgan fingerprint density at radius 3 is 2.94 bits per heavy atom. The summed E-state index contributed by atoms with van der Waals surface area (Å²) in [6.07, 6.45) is 2.86. The molecule has 1 aromatic carbocycles. The summed E-state index contributed by atoms with van der Waals surface area (Å²) in [6, 6.07) is 6.24. The molecule has 3 heteroatoms. The van der Waals surface area contributed by atoms with Gasteiger partial charge in [-0.1, -0.05) is 25.1 Å². The second-order valence-electron chi connectivity index (χ2n) is 4.04. The molecule has 3 nitrogen and oxygen atoms in total. The molecule has 0 radical (unpaired) electrons. The Hall–Kier alpha value is -1.61. The van der Waals surface area contributed by atoms with Crippen LogP contribution in [0.4, 0.5) is 0 Å². The van der Waals surface area contributed by atoms with Gasteiger partial charge in [-0.25, -0.2) is 4.79 Å². The Bertz CT molecular complexity index is 461. The summed E-state index contributed by atoms with van der Waals surface area (Å²) in [5.41, 5.74) is 4.01. The molecule has 1 aromatic rings. The molecule has 1 aliphatic rings. The summed E-state index contributed by atoms with van der Waals surface area (Å²) in [5, 5.41) is 0. The molecule has 17 heavy (non-hydrogen) atoms. The van der Waals surface area contributed by atoms with E-state index in [2.05, 4.69) is 19.1 Å². The normalized spacial score (nSPS) is 14.6. The summed E-state index contributed by atoms with van der Waals surface area (Å²) < 4.78 is 10.2. The van der Waals surface area contributed by atoms with Crippen molar-refractivity contribution in [1.82, 2.24) is 0 Å². The highest BCUT2D eigenvalue weighted by Crippen LogP contribution is 2.21. The molecule has 0 spiro atoms. The number of esters is 1. The molecule has 0 unspecified atom stereocenters. The number of hydrogen-bond acceptors (Lipinski definition) is 3. The number of methoxy groups -OCH3 is 1. The molecule has 90 valence electrons. The number of rotatable bonds is 2. The highest BCUT2D eigenvalue weighted by Gasteiger charge is 2.15. The van der Waals surface area contributed by atoms with Gasteiger partial charge in [0, 0.05) is 0 Å². The zero-order valence-corrected chi connectivity index (χ0v) is 10.2. The molecule has 0 saturated carbocycles. The Labute approximate surface area is 101 Å². The van der Waals surface area contributed by atoms with Crippen molar-refractivity contribution in [2.75, 3.05) is 13.7 Å². The largest absolute Gasteiger partial charge is 0.466 e. The first kappa shape index (κ1) is 11.9. The van der Waals surface area contributed by atoms with Crippen LogP contribution < -0.4 is 0 Å². The van der Waals surface area contributed by atoms with Gasteiger partial charge in [-0.05, 0) is 29.2 Å². The van der Waals surface area contributed by atoms with Gasteiger partial charge >= 0.3 is 5.97 Å². The summed E-state index contributed by atoms with van der Waals surface area (Å²) in [7, 11) is 1.38. The third-order valence-corrected chi connectivity index (χ3v) is 2.91. The second-order valence-corrected chi connectivity index (χ2v) is 4.04. The van der Waals surface area contributed by atoms with Crippen molar-refractivity contribution in [2.45, 2.75) is 20.0 Å². The van der Waals surface area contributed by atoms with Gasteiger partial charge in [0.05, 0.1) is 25.9 Å². The molecule has 2 rings (SSSR count). The minimum Gasteiger partial charge on any atom is -0.466 e. The van der Waals surface area contributed by atoms with E-state index in [-0.39, 0.29) is 5.97 Å². The monoisotopic (exact) mass is 232 g/mol. The van der Waals surface area contributed by atoms with Crippen LogP contribution in [-0.4, -0.2) is 19.7 Å². The van der Waals surface area contributed by atoms with Crippen LogP contribution in [0.3, 0.4) is 0 Å². The summed E-state index contributed by atoms with van der Waals surface area (Å²) in [6.45, 7) is 2.97. The molecule has 1 heterocycles. The lowest BCUT2D eigenvalue weighted by Crippen LogP contribution is -2.09. The van der Waals surface area contributed by atoms with Crippen LogP contribution in [0.5, 0.6) is 0 Å². The van der Waals surface area contributed by atoms with Gasteiger partial charge in [-0.3, -0.25) is 0 Å². The average Bonchev–Trinajstić information content (AvgIpc) is 2.58. The maximum atomic E-state index is 11.5. The number of fused-ring (bicyclic) bond motifs is 1. The third kappa shape index (κ3) is 2.56. The van der Waals surface area contributed by atoms with Gasteiger partial charge in [0.1, 0.15) is 0 Å². The quantitative estimate of drug-likeness (QED) is 0.734. The zero-order valence-electron chi connectivity index (χ0n) is 10.2. The number of carbonyl (C=O) groups is 1. The minimum atomic E-state index is -0.322. The first-order chi connectivity index (χ1) is 8.24. The van der Waals surface area contributed by atoms with E-state index in [1.807, 2.05) is 12.1 Å².